The molecule has 15 heavy (non-hydrogen) atoms. The fourth-order valence-electron chi connectivity index (χ4n) is 2.31. The quantitative estimate of drug-likeness (QED) is 0.811. The van der Waals surface area contributed by atoms with Crippen molar-refractivity contribution in [3.05, 3.63) is 29.6 Å². The van der Waals surface area contributed by atoms with Crippen molar-refractivity contribution in [1.82, 2.24) is 0 Å². The molecule has 1 fully saturated rings. The molecule has 2 N–H and O–H groups in total. The topological polar surface area (TPSA) is 35.2 Å². The van der Waals surface area contributed by atoms with Crippen molar-refractivity contribution in [2.45, 2.75) is 31.2 Å². The van der Waals surface area contributed by atoms with Gasteiger partial charge in [-0.3, -0.25) is 0 Å². The van der Waals surface area contributed by atoms with Crippen molar-refractivity contribution in [2.24, 2.45) is 5.73 Å². The van der Waals surface area contributed by atoms with E-state index in [2.05, 4.69) is 0 Å². The van der Waals surface area contributed by atoms with Crippen molar-refractivity contribution in [2.75, 3.05) is 7.11 Å². The van der Waals surface area contributed by atoms with Gasteiger partial charge in [-0.15, -0.1) is 0 Å². The van der Waals surface area contributed by atoms with Crippen LogP contribution in [-0.4, -0.2) is 13.2 Å². The lowest BCUT2D eigenvalue weighted by Crippen LogP contribution is -2.23. The summed E-state index contributed by atoms with van der Waals surface area (Å²) in [5.41, 5.74) is 6.69. The number of ether oxygens (including phenoxy) is 1. The zero-order valence-electron chi connectivity index (χ0n) is 8.87. The SMILES string of the molecule is COc1ccc(C2CCCC2N)c(F)c1. The minimum absolute atomic E-state index is 0.105. The Bertz CT molecular complexity index is 353. The van der Waals surface area contributed by atoms with Crippen LogP contribution in [-0.2, 0) is 0 Å². The third kappa shape index (κ3) is 1.97. The predicted octanol–water partition coefficient (Wildman–Crippen LogP) is 2.43. The van der Waals surface area contributed by atoms with Crippen LogP contribution in [0.3, 0.4) is 0 Å². The molecule has 0 aliphatic heterocycles. The van der Waals surface area contributed by atoms with E-state index in [0.29, 0.717) is 5.75 Å². The lowest BCUT2D eigenvalue weighted by Gasteiger charge is -2.16. The Morgan fingerprint density at radius 1 is 1.40 bits per heavy atom. The van der Waals surface area contributed by atoms with E-state index < -0.39 is 0 Å². The minimum Gasteiger partial charge on any atom is -0.497 e. The number of benzene rings is 1. The zero-order chi connectivity index (χ0) is 10.8. The summed E-state index contributed by atoms with van der Waals surface area (Å²) in [5.74, 6) is 0.537. The van der Waals surface area contributed by atoms with Crippen molar-refractivity contribution < 1.29 is 9.13 Å². The maximum absolute atomic E-state index is 13.7. The molecular formula is C12H16FNO. The first kappa shape index (κ1) is 10.4. The van der Waals surface area contributed by atoms with Gasteiger partial charge in [0.2, 0.25) is 0 Å². The molecule has 0 saturated heterocycles. The third-order valence-electron chi connectivity index (χ3n) is 3.18. The largest absolute Gasteiger partial charge is 0.497 e. The molecule has 0 bridgehead atoms. The normalized spacial score (nSPS) is 25.5. The Morgan fingerprint density at radius 2 is 2.20 bits per heavy atom. The summed E-state index contributed by atoms with van der Waals surface area (Å²) >= 11 is 0. The number of rotatable bonds is 2. The first-order valence-corrected chi connectivity index (χ1v) is 5.31. The fraction of sp³-hybridized carbons (Fsp3) is 0.500. The summed E-state index contributed by atoms with van der Waals surface area (Å²) in [4.78, 5) is 0. The summed E-state index contributed by atoms with van der Waals surface area (Å²) in [7, 11) is 1.54. The van der Waals surface area contributed by atoms with Crippen LogP contribution >= 0.6 is 0 Å². The molecule has 3 heteroatoms. The highest BCUT2D eigenvalue weighted by atomic mass is 19.1. The van der Waals surface area contributed by atoms with Gasteiger partial charge in [-0.25, -0.2) is 4.39 Å². The van der Waals surface area contributed by atoms with Gasteiger partial charge in [-0.2, -0.15) is 0 Å². The van der Waals surface area contributed by atoms with Gasteiger partial charge in [0, 0.05) is 18.0 Å². The second-order valence-corrected chi connectivity index (χ2v) is 4.09. The van der Waals surface area contributed by atoms with E-state index in [9.17, 15) is 4.39 Å². The molecule has 2 rings (SSSR count). The molecule has 1 aromatic carbocycles. The van der Waals surface area contributed by atoms with E-state index in [-0.39, 0.29) is 17.8 Å². The molecule has 2 atom stereocenters. The molecule has 1 aliphatic rings. The molecule has 0 radical (unpaired) electrons. The van der Waals surface area contributed by atoms with Crippen LogP contribution < -0.4 is 10.5 Å². The first-order valence-electron chi connectivity index (χ1n) is 5.31. The van der Waals surface area contributed by atoms with Crippen molar-refractivity contribution in [3.8, 4) is 5.75 Å². The molecule has 2 nitrogen and oxygen atoms in total. The number of nitrogens with two attached hydrogens (primary N) is 1. The summed E-state index contributed by atoms with van der Waals surface area (Å²) < 4.78 is 18.7. The van der Waals surface area contributed by atoms with Gasteiger partial charge in [0.25, 0.3) is 0 Å². The van der Waals surface area contributed by atoms with Crippen LogP contribution in [0.1, 0.15) is 30.7 Å². The van der Waals surface area contributed by atoms with Gasteiger partial charge in [0.05, 0.1) is 7.11 Å². The summed E-state index contributed by atoms with van der Waals surface area (Å²) in [6.45, 7) is 0. The maximum Gasteiger partial charge on any atom is 0.130 e. The van der Waals surface area contributed by atoms with Crippen LogP contribution in [0.2, 0.25) is 0 Å². The third-order valence-corrected chi connectivity index (χ3v) is 3.18. The lowest BCUT2D eigenvalue weighted by molar-refractivity contribution is 0.409. The van der Waals surface area contributed by atoms with E-state index in [1.165, 1.54) is 13.2 Å². The Kier molecular flexibility index (Phi) is 2.91. The minimum atomic E-state index is -0.197. The molecule has 0 aromatic heterocycles. The van der Waals surface area contributed by atoms with Gasteiger partial charge in [-0.1, -0.05) is 12.5 Å². The zero-order valence-corrected chi connectivity index (χ0v) is 8.87. The Labute approximate surface area is 89.2 Å². The Morgan fingerprint density at radius 3 is 2.73 bits per heavy atom. The van der Waals surface area contributed by atoms with Gasteiger partial charge in [0.15, 0.2) is 0 Å². The van der Waals surface area contributed by atoms with Crippen molar-refractivity contribution >= 4 is 0 Å². The van der Waals surface area contributed by atoms with Crippen LogP contribution in [0.15, 0.2) is 18.2 Å². The second kappa shape index (κ2) is 4.19. The van der Waals surface area contributed by atoms with E-state index >= 15 is 0 Å². The average molecular weight is 209 g/mol. The second-order valence-electron chi connectivity index (χ2n) is 4.09. The fourth-order valence-corrected chi connectivity index (χ4v) is 2.31. The molecule has 0 heterocycles. The van der Waals surface area contributed by atoms with Gasteiger partial charge in [-0.05, 0) is 24.5 Å². The molecule has 1 saturated carbocycles. The summed E-state index contributed by atoms with van der Waals surface area (Å²) in [6, 6.07) is 5.13. The highest BCUT2D eigenvalue weighted by Gasteiger charge is 2.27. The standard InChI is InChI=1S/C12H16FNO/c1-15-8-5-6-9(11(13)7-8)10-3-2-4-12(10)14/h5-7,10,12H,2-4,14H2,1H3. The maximum atomic E-state index is 13.7. The Balaban J connectivity index is 2.28. The number of halogens is 1. The molecule has 2 unspecified atom stereocenters. The monoisotopic (exact) mass is 209 g/mol. The highest BCUT2D eigenvalue weighted by Crippen LogP contribution is 2.35. The lowest BCUT2D eigenvalue weighted by atomic mass is 9.94. The average Bonchev–Trinajstić information content (AvgIpc) is 2.64. The van der Waals surface area contributed by atoms with Crippen LogP contribution in [0.4, 0.5) is 4.39 Å². The summed E-state index contributed by atoms with van der Waals surface area (Å²) in [5, 5.41) is 0. The van der Waals surface area contributed by atoms with E-state index in [0.717, 1.165) is 24.8 Å². The molecule has 0 spiro atoms. The van der Waals surface area contributed by atoms with Gasteiger partial charge < -0.3 is 10.5 Å². The molecular weight excluding hydrogens is 193 g/mol. The van der Waals surface area contributed by atoms with E-state index in [4.69, 9.17) is 10.5 Å². The molecule has 1 aromatic rings. The Hall–Kier alpha value is -1.09. The van der Waals surface area contributed by atoms with Gasteiger partial charge in [0.1, 0.15) is 11.6 Å². The first-order chi connectivity index (χ1) is 7.22. The van der Waals surface area contributed by atoms with E-state index in [1.54, 1.807) is 12.1 Å². The van der Waals surface area contributed by atoms with Crippen molar-refractivity contribution in [1.29, 1.82) is 0 Å². The smallest absolute Gasteiger partial charge is 0.130 e. The van der Waals surface area contributed by atoms with Gasteiger partial charge >= 0.3 is 0 Å². The number of hydrogen-bond donors (Lipinski definition) is 1. The van der Waals surface area contributed by atoms with E-state index in [1.807, 2.05) is 0 Å². The van der Waals surface area contributed by atoms with Crippen LogP contribution in [0.25, 0.3) is 0 Å². The van der Waals surface area contributed by atoms with Crippen LogP contribution in [0, 0.1) is 5.82 Å². The van der Waals surface area contributed by atoms with Crippen LogP contribution in [0.5, 0.6) is 5.75 Å². The van der Waals surface area contributed by atoms with Crippen molar-refractivity contribution in [3.63, 3.8) is 0 Å². The predicted molar refractivity (Wildman–Crippen MR) is 57.5 cm³/mol. The molecule has 0 amide bonds. The molecule has 82 valence electrons. The highest BCUT2D eigenvalue weighted by molar-refractivity contribution is 5.32. The number of hydrogen-bond acceptors (Lipinski definition) is 2. The summed E-state index contributed by atoms with van der Waals surface area (Å²) in [6.07, 6.45) is 3.08. The molecule has 1 aliphatic carbocycles. The number of methoxy groups -OCH3 is 1.